The lowest BCUT2D eigenvalue weighted by atomic mass is 10.1. The first-order valence-corrected chi connectivity index (χ1v) is 6.88. The number of anilines is 1. The largest absolute Gasteiger partial charge is 0.497 e. The molecule has 6 nitrogen and oxygen atoms in total. The zero-order chi connectivity index (χ0) is 16.4. The third kappa shape index (κ3) is 2.66. The van der Waals surface area contributed by atoms with Crippen molar-refractivity contribution >= 4 is 22.6 Å². The average molecular weight is 313 g/mol. The maximum Gasteiger partial charge on any atom is 0.296 e. The molecule has 0 radical (unpaired) electrons. The molecule has 0 aliphatic rings. The molecule has 0 unspecified atom stereocenters. The van der Waals surface area contributed by atoms with E-state index in [1.54, 1.807) is 42.5 Å². The van der Waals surface area contributed by atoms with Gasteiger partial charge in [0.05, 0.1) is 19.9 Å². The van der Waals surface area contributed by atoms with Gasteiger partial charge in [0.2, 0.25) is 0 Å². The Morgan fingerprint density at radius 1 is 1.13 bits per heavy atom. The molecule has 1 amide bonds. The number of amides is 1. The number of benzene rings is 2. The van der Waals surface area contributed by atoms with Gasteiger partial charge in [-0.3, -0.25) is 4.79 Å². The molecule has 23 heavy (non-hydrogen) atoms. The van der Waals surface area contributed by atoms with E-state index < -0.39 is 11.9 Å². The number of ether oxygens (including phenoxy) is 2. The van der Waals surface area contributed by atoms with Crippen LogP contribution in [-0.4, -0.2) is 25.2 Å². The highest BCUT2D eigenvalue weighted by molar-refractivity contribution is 6.14. The van der Waals surface area contributed by atoms with Gasteiger partial charge in [-0.15, -0.1) is 0 Å². The predicted molar refractivity (Wildman–Crippen MR) is 85.4 cm³/mol. The van der Waals surface area contributed by atoms with Crippen LogP contribution in [0.15, 0.2) is 46.9 Å². The predicted octanol–water partition coefficient (Wildman–Crippen LogP) is 3.41. The SMILES string of the molecule is COc1ccc(OC)c(NC(=O)c2c(O)oc3ccccc23)c1. The molecule has 2 aromatic carbocycles. The summed E-state index contributed by atoms with van der Waals surface area (Å²) in [6, 6.07) is 11.9. The number of para-hydroxylation sites is 1. The van der Waals surface area contributed by atoms with Crippen molar-refractivity contribution in [2.24, 2.45) is 0 Å². The quantitative estimate of drug-likeness (QED) is 0.771. The summed E-state index contributed by atoms with van der Waals surface area (Å²) in [7, 11) is 3.03. The number of nitrogens with one attached hydrogen (secondary N) is 1. The minimum atomic E-state index is -0.501. The van der Waals surface area contributed by atoms with Crippen LogP contribution in [-0.2, 0) is 0 Å². The van der Waals surface area contributed by atoms with E-state index in [1.165, 1.54) is 14.2 Å². The van der Waals surface area contributed by atoms with Crippen LogP contribution in [0.1, 0.15) is 10.4 Å². The summed E-state index contributed by atoms with van der Waals surface area (Å²) in [6.45, 7) is 0. The molecule has 2 N–H and O–H groups in total. The van der Waals surface area contributed by atoms with Crippen molar-refractivity contribution in [3.8, 4) is 17.4 Å². The van der Waals surface area contributed by atoms with Crippen molar-refractivity contribution in [1.82, 2.24) is 0 Å². The fourth-order valence-electron chi connectivity index (χ4n) is 2.35. The first-order chi connectivity index (χ1) is 11.1. The molecule has 6 heteroatoms. The van der Waals surface area contributed by atoms with Crippen LogP contribution in [0.5, 0.6) is 17.4 Å². The van der Waals surface area contributed by atoms with Crippen LogP contribution < -0.4 is 14.8 Å². The van der Waals surface area contributed by atoms with Gasteiger partial charge in [-0.2, -0.15) is 0 Å². The molecule has 1 aromatic heterocycles. The second-order valence-electron chi connectivity index (χ2n) is 4.80. The van der Waals surface area contributed by atoms with E-state index in [9.17, 15) is 9.90 Å². The maximum absolute atomic E-state index is 12.6. The van der Waals surface area contributed by atoms with Crippen molar-refractivity contribution in [2.75, 3.05) is 19.5 Å². The van der Waals surface area contributed by atoms with E-state index in [-0.39, 0.29) is 5.56 Å². The summed E-state index contributed by atoms with van der Waals surface area (Å²) in [5.74, 6) is 0.123. The normalized spacial score (nSPS) is 10.5. The highest BCUT2D eigenvalue weighted by Crippen LogP contribution is 2.33. The van der Waals surface area contributed by atoms with Gasteiger partial charge >= 0.3 is 0 Å². The number of hydrogen-bond acceptors (Lipinski definition) is 5. The van der Waals surface area contributed by atoms with E-state index in [1.807, 2.05) is 0 Å². The molecule has 0 bridgehead atoms. The second-order valence-corrected chi connectivity index (χ2v) is 4.80. The van der Waals surface area contributed by atoms with Gasteiger partial charge in [-0.1, -0.05) is 18.2 Å². The molecule has 0 fully saturated rings. The van der Waals surface area contributed by atoms with Crippen LogP contribution in [0, 0.1) is 0 Å². The third-order valence-electron chi connectivity index (χ3n) is 3.46. The summed E-state index contributed by atoms with van der Waals surface area (Å²) in [5, 5.41) is 13.2. The third-order valence-corrected chi connectivity index (χ3v) is 3.46. The molecule has 3 rings (SSSR count). The standard InChI is InChI=1S/C17H15NO5/c1-21-10-7-8-14(22-2)12(9-10)18-16(19)15-11-5-3-4-6-13(11)23-17(15)20/h3-9,20H,1-2H3,(H,18,19). The second kappa shape index (κ2) is 5.92. The lowest BCUT2D eigenvalue weighted by Gasteiger charge is -2.11. The molecule has 3 aromatic rings. The van der Waals surface area contributed by atoms with Gasteiger partial charge in [0.25, 0.3) is 11.9 Å². The van der Waals surface area contributed by atoms with Gasteiger partial charge in [-0.25, -0.2) is 0 Å². The molecular formula is C17H15NO5. The first kappa shape index (κ1) is 14.8. The number of aromatic hydroxyl groups is 1. The Balaban J connectivity index is 1.99. The average Bonchev–Trinajstić information content (AvgIpc) is 2.90. The first-order valence-electron chi connectivity index (χ1n) is 6.88. The van der Waals surface area contributed by atoms with Gasteiger partial charge in [0.1, 0.15) is 22.6 Å². The summed E-state index contributed by atoms with van der Waals surface area (Å²) >= 11 is 0. The number of fused-ring (bicyclic) bond motifs is 1. The van der Waals surface area contributed by atoms with Gasteiger partial charge in [0, 0.05) is 11.5 Å². The Morgan fingerprint density at radius 2 is 1.91 bits per heavy atom. The Bertz CT molecular complexity index is 869. The summed E-state index contributed by atoms with van der Waals surface area (Å²) in [5.41, 5.74) is 0.944. The van der Waals surface area contributed by atoms with Crippen molar-refractivity contribution in [3.63, 3.8) is 0 Å². The molecule has 118 valence electrons. The van der Waals surface area contributed by atoms with Crippen molar-refractivity contribution in [3.05, 3.63) is 48.0 Å². The van der Waals surface area contributed by atoms with E-state index in [2.05, 4.69) is 5.32 Å². The molecule has 0 aliphatic carbocycles. The zero-order valence-corrected chi connectivity index (χ0v) is 12.6. The number of carbonyl (C=O) groups is 1. The van der Waals surface area contributed by atoms with Crippen LogP contribution >= 0.6 is 0 Å². The smallest absolute Gasteiger partial charge is 0.296 e. The van der Waals surface area contributed by atoms with Gasteiger partial charge in [0.15, 0.2) is 0 Å². The highest BCUT2D eigenvalue weighted by atomic mass is 16.5. The minimum absolute atomic E-state index is 0.0745. The lowest BCUT2D eigenvalue weighted by Crippen LogP contribution is -2.12. The Hall–Kier alpha value is -3.15. The Morgan fingerprint density at radius 3 is 2.65 bits per heavy atom. The topological polar surface area (TPSA) is 80.9 Å². The van der Waals surface area contributed by atoms with E-state index in [0.717, 1.165) is 0 Å². The fraction of sp³-hybridized carbons (Fsp3) is 0.118. The fourth-order valence-corrected chi connectivity index (χ4v) is 2.35. The molecule has 0 saturated carbocycles. The number of hydrogen-bond donors (Lipinski definition) is 2. The van der Waals surface area contributed by atoms with Crippen LogP contribution in [0.25, 0.3) is 11.0 Å². The van der Waals surface area contributed by atoms with E-state index in [0.29, 0.717) is 28.2 Å². The number of furan rings is 1. The monoisotopic (exact) mass is 313 g/mol. The molecule has 0 saturated heterocycles. The molecule has 0 spiro atoms. The minimum Gasteiger partial charge on any atom is -0.497 e. The van der Waals surface area contributed by atoms with Crippen molar-refractivity contribution in [1.29, 1.82) is 0 Å². The summed E-state index contributed by atoms with van der Waals surface area (Å²) in [4.78, 5) is 12.6. The summed E-state index contributed by atoms with van der Waals surface area (Å²) < 4.78 is 15.6. The van der Waals surface area contributed by atoms with Gasteiger partial charge < -0.3 is 24.3 Å². The maximum atomic E-state index is 12.6. The molecule has 0 atom stereocenters. The number of carbonyl (C=O) groups excluding carboxylic acids is 1. The molecular weight excluding hydrogens is 298 g/mol. The molecule has 1 heterocycles. The summed E-state index contributed by atoms with van der Waals surface area (Å²) in [6.07, 6.45) is 0. The lowest BCUT2D eigenvalue weighted by molar-refractivity contribution is 0.102. The van der Waals surface area contributed by atoms with Crippen LogP contribution in [0.4, 0.5) is 5.69 Å². The Kier molecular flexibility index (Phi) is 3.80. The van der Waals surface area contributed by atoms with E-state index >= 15 is 0 Å². The Labute approximate surface area is 132 Å². The van der Waals surface area contributed by atoms with Crippen molar-refractivity contribution in [2.45, 2.75) is 0 Å². The number of methoxy groups -OCH3 is 2. The van der Waals surface area contributed by atoms with Crippen molar-refractivity contribution < 1.29 is 23.8 Å². The highest BCUT2D eigenvalue weighted by Gasteiger charge is 2.21. The zero-order valence-electron chi connectivity index (χ0n) is 12.6. The van der Waals surface area contributed by atoms with Gasteiger partial charge in [-0.05, 0) is 18.2 Å². The van der Waals surface area contributed by atoms with Crippen LogP contribution in [0.2, 0.25) is 0 Å². The molecule has 0 aliphatic heterocycles. The van der Waals surface area contributed by atoms with E-state index in [4.69, 9.17) is 13.9 Å². The number of rotatable bonds is 4. The van der Waals surface area contributed by atoms with Crippen LogP contribution in [0.3, 0.4) is 0 Å².